The number of carbonyl (C=O) groups excluding carboxylic acids is 2. The molecule has 0 saturated heterocycles. The maximum atomic E-state index is 12.9. The van der Waals surface area contributed by atoms with Gasteiger partial charge >= 0.3 is 0 Å². The summed E-state index contributed by atoms with van der Waals surface area (Å²) in [7, 11) is 0. The molecule has 3 rings (SSSR count). The van der Waals surface area contributed by atoms with Crippen molar-refractivity contribution in [2.45, 2.75) is 6.54 Å². The number of hydrogen-bond donors (Lipinski definition) is 2. The van der Waals surface area contributed by atoms with E-state index in [0.29, 0.717) is 11.6 Å². The quantitative estimate of drug-likeness (QED) is 0.697. The minimum atomic E-state index is -0.608. The van der Waals surface area contributed by atoms with Crippen LogP contribution >= 0.6 is 0 Å². The lowest BCUT2D eigenvalue weighted by molar-refractivity contribution is 0.0943. The number of nitrogens with one attached hydrogen (secondary N) is 1. The van der Waals surface area contributed by atoms with Crippen molar-refractivity contribution in [1.29, 1.82) is 0 Å². The number of amides is 2. The predicted octanol–water partition coefficient (Wildman–Crippen LogP) is 2.44. The van der Waals surface area contributed by atoms with E-state index in [9.17, 15) is 14.0 Å². The van der Waals surface area contributed by atoms with Crippen LogP contribution in [0.1, 0.15) is 26.4 Å². The first-order valence-electron chi connectivity index (χ1n) is 7.93. The Morgan fingerprint density at radius 1 is 1.00 bits per heavy atom. The number of rotatable bonds is 6. The molecular weight excluding hydrogens is 351 g/mol. The first-order chi connectivity index (χ1) is 13.0. The van der Waals surface area contributed by atoms with Crippen molar-refractivity contribution in [1.82, 2.24) is 15.3 Å². The Morgan fingerprint density at radius 2 is 1.78 bits per heavy atom. The monoisotopic (exact) mass is 366 g/mol. The maximum Gasteiger partial charge on any atom is 0.270 e. The van der Waals surface area contributed by atoms with Crippen LogP contribution in [0.5, 0.6) is 11.6 Å². The van der Waals surface area contributed by atoms with Gasteiger partial charge in [-0.2, -0.15) is 0 Å². The fraction of sp³-hybridized carbons (Fsp3) is 0.0526. The average Bonchev–Trinajstić information content (AvgIpc) is 2.69. The van der Waals surface area contributed by atoms with Crippen LogP contribution in [0.15, 0.2) is 60.9 Å². The van der Waals surface area contributed by atoms with Gasteiger partial charge in [0.2, 0.25) is 11.8 Å². The van der Waals surface area contributed by atoms with E-state index in [-0.39, 0.29) is 23.6 Å². The van der Waals surface area contributed by atoms with Crippen LogP contribution in [0, 0.1) is 5.82 Å². The fourth-order valence-corrected chi connectivity index (χ4v) is 2.15. The SMILES string of the molecule is NC(=O)c1ccc(C(=O)NCc2ccc(Oc3ccc(F)cc3)nc2)nc1. The molecule has 0 spiro atoms. The second kappa shape index (κ2) is 8.05. The van der Waals surface area contributed by atoms with E-state index < -0.39 is 11.8 Å². The zero-order chi connectivity index (χ0) is 19.2. The number of carbonyl (C=O) groups is 2. The topological polar surface area (TPSA) is 107 Å². The zero-order valence-electron chi connectivity index (χ0n) is 14.1. The summed E-state index contributed by atoms with van der Waals surface area (Å²) in [6, 6.07) is 11.8. The molecule has 0 aliphatic rings. The molecule has 0 atom stereocenters. The van der Waals surface area contributed by atoms with Crippen LogP contribution in [0.4, 0.5) is 4.39 Å². The Bertz CT molecular complexity index is 942. The highest BCUT2D eigenvalue weighted by molar-refractivity contribution is 5.95. The molecule has 136 valence electrons. The van der Waals surface area contributed by atoms with Gasteiger partial charge in [-0.3, -0.25) is 14.6 Å². The van der Waals surface area contributed by atoms with Crippen molar-refractivity contribution in [3.8, 4) is 11.6 Å². The molecule has 2 aromatic heterocycles. The third-order valence-corrected chi connectivity index (χ3v) is 3.57. The molecule has 0 aliphatic heterocycles. The Hall–Kier alpha value is -3.81. The highest BCUT2D eigenvalue weighted by Gasteiger charge is 2.09. The average molecular weight is 366 g/mol. The van der Waals surface area contributed by atoms with Crippen molar-refractivity contribution in [2.24, 2.45) is 5.73 Å². The predicted molar refractivity (Wildman–Crippen MR) is 94.6 cm³/mol. The number of pyridine rings is 2. The summed E-state index contributed by atoms with van der Waals surface area (Å²) < 4.78 is 18.4. The van der Waals surface area contributed by atoms with Crippen LogP contribution < -0.4 is 15.8 Å². The molecule has 0 bridgehead atoms. The Labute approximate surface area is 154 Å². The fourth-order valence-electron chi connectivity index (χ4n) is 2.15. The minimum absolute atomic E-state index is 0.171. The van der Waals surface area contributed by atoms with Gasteiger partial charge in [0.25, 0.3) is 5.91 Å². The standard InChI is InChI=1S/C19H15FN4O3/c20-14-3-5-15(6-4-14)27-17-8-1-12(9-23-17)10-24-19(26)16-7-2-13(11-22-16)18(21)25/h1-9,11H,10H2,(H2,21,25)(H,24,26). The summed E-state index contributed by atoms with van der Waals surface area (Å²) in [4.78, 5) is 31.1. The molecule has 2 heterocycles. The first-order valence-corrected chi connectivity index (χ1v) is 7.93. The number of hydrogen-bond acceptors (Lipinski definition) is 5. The molecule has 3 N–H and O–H groups in total. The van der Waals surface area contributed by atoms with Crippen molar-refractivity contribution in [3.63, 3.8) is 0 Å². The first kappa shape index (κ1) is 18.0. The van der Waals surface area contributed by atoms with Crippen LogP contribution in [-0.2, 0) is 6.54 Å². The molecule has 8 heteroatoms. The number of nitrogens with two attached hydrogens (primary N) is 1. The van der Waals surface area contributed by atoms with Gasteiger partial charge in [-0.25, -0.2) is 9.37 Å². The molecule has 0 saturated carbocycles. The van der Waals surface area contributed by atoms with Gasteiger partial charge in [0.15, 0.2) is 0 Å². The summed E-state index contributed by atoms with van der Waals surface area (Å²) in [6.45, 7) is 0.238. The summed E-state index contributed by atoms with van der Waals surface area (Å²) >= 11 is 0. The molecule has 3 aromatic rings. The number of nitrogens with zero attached hydrogens (tertiary/aromatic N) is 2. The lowest BCUT2D eigenvalue weighted by Gasteiger charge is -2.07. The molecule has 27 heavy (non-hydrogen) atoms. The van der Waals surface area contributed by atoms with Crippen molar-refractivity contribution < 1.29 is 18.7 Å². The van der Waals surface area contributed by atoms with Gasteiger partial charge in [0.1, 0.15) is 17.3 Å². The number of aromatic nitrogens is 2. The number of ether oxygens (including phenoxy) is 1. The third-order valence-electron chi connectivity index (χ3n) is 3.57. The van der Waals surface area contributed by atoms with Gasteiger partial charge in [0, 0.05) is 25.0 Å². The molecule has 0 radical (unpaired) electrons. The third kappa shape index (κ3) is 4.85. The van der Waals surface area contributed by atoms with Crippen LogP contribution in [-0.4, -0.2) is 21.8 Å². The van der Waals surface area contributed by atoms with E-state index in [4.69, 9.17) is 10.5 Å². The molecule has 0 fully saturated rings. The Balaban J connectivity index is 1.55. The van der Waals surface area contributed by atoms with Crippen LogP contribution in [0.2, 0.25) is 0 Å². The molecule has 7 nitrogen and oxygen atoms in total. The van der Waals surface area contributed by atoms with Crippen LogP contribution in [0.25, 0.3) is 0 Å². The summed E-state index contributed by atoms with van der Waals surface area (Å²) in [5.74, 6) is -0.530. The lowest BCUT2D eigenvalue weighted by Crippen LogP contribution is -2.24. The van der Waals surface area contributed by atoms with E-state index >= 15 is 0 Å². The normalized spacial score (nSPS) is 10.3. The van der Waals surface area contributed by atoms with Gasteiger partial charge in [-0.05, 0) is 42.0 Å². The Morgan fingerprint density at radius 3 is 2.37 bits per heavy atom. The number of halogens is 1. The summed E-state index contributed by atoms with van der Waals surface area (Å²) in [5, 5.41) is 2.70. The van der Waals surface area contributed by atoms with Crippen molar-refractivity contribution in [2.75, 3.05) is 0 Å². The van der Waals surface area contributed by atoms with Gasteiger partial charge in [0.05, 0.1) is 5.56 Å². The minimum Gasteiger partial charge on any atom is -0.439 e. The summed E-state index contributed by atoms with van der Waals surface area (Å²) in [5.41, 5.74) is 6.28. The van der Waals surface area contributed by atoms with E-state index in [0.717, 1.165) is 5.56 Å². The second-order valence-corrected chi connectivity index (χ2v) is 5.54. The van der Waals surface area contributed by atoms with E-state index in [2.05, 4.69) is 15.3 Å². The lowest BCUT2D eigenvalue weighted by atomic mass is 10.2. The van der Waals surface area contributed by atoms with Crippen molar-refractivity contribution in [3.05, 3.63) is 83.6 Å². The van der Waals surface area contributed by atoms with E-state index in [1.54, 1.807) is 18.3 Å². The van der Waals surface area contributed by atoms with Crippen LogP contribution in [0.3, 0.4) is 0 Å². The smallest absolute Gasteiger partial charge is 0.270 e. The summed E-state index contributed by atoms with van der Waals surface area (Å²) in [6.07, 6.45) is 2.81. The molecule has 0 unspecified atom stereocenters. The van der Waals surface area contributed by atoms with E-state index in [1.165, 1.54) is 42.6 Å². The highest BCUT2D eigenvalue weighted by atomic mass is 19.1. The highest BCUT2D eigenvalue weighted by Crippen LogP contribution is 2.19. The molecular formula is C19H15FN4O3. The van der Waals surface area contributed by atoms with Gasteiger partial charge in [-0.1, -0.05) is 6.07 Å². The molecule has 0 aliphatic carbocycles. The van der Waals surface area contributed by atoms with Crippen molar-refractivity contribution >= 4 is 11.8 Å². The Kier molecular flexibility index (Phi) is 5.36. The number of primary amides is 1. The second-order valence-electron chi connectivity index (χ2n) is 5.54. The largest absolute Gasteiger partial charge is 0.439 e. The van der Waals surface area contributed by atoms with Gasteiger partial charge in [-0.15, -0.1) is 0 Å². The van der Waals surface area contributed by atoms with E-state index in [1.807, 2.05) is 0 Å². The maximum absolute atomic E-state index is 12.9. The van der Waals surface area contributed by atoms with Gasteiger partial charge < -0.3 is 15.8 Å². The molecule has 1 aromatic carbocycles. The molecule has 2 amide bonds. The number of benzene rings is 1. The zero-order valence-corrected chi connectivity index (χ0v) is 14.1.